The van der Waals surface area contributed by atoms with Crippen molar-refractivity contribution in [3.8, 4) is 11.5 Å². The van der Waals surface area contributed by atoms with Crippen LogP contribution in [0.3, 0.4) is 0 Å². The molecule has 1 aromatic carbocycles. The van der Waals surface area contributed by atoms with Gasteiger partial charge in [0, 0.05) is 12.1 Å². The number of ether oxygens (including phenoxy) is 2. The summed E-state index contributed by atoms with van der Waals surface area (Å²) in [6.45, 7) is 0. The minimum Gasteiger partial charge on any atom is -0.495 e. The third-order valence-electron chi connectivity index (χ3n) is 3.74. The Morgan fingerprint density at radius 2 is 1.59 bits per heavy atom. The molecule has 1 aliphatic rings. The molecule has 0 heterocycles. The number of methoxy groups -OCH3 is 2. The smallest absolute Gasteiger partial charge is 0.248 e. The van der Waals surface area contributed by atoms with Gasteiger partial charge in [0.2, 0.25) is 10.0 Å². The zero-order chi connectivity index (χ0) is 15.5. The number of nitrogens with one attached hydrogen (secondary N) is 1. The second kappa shape index (κ2) is 8.01. The number of hydrogen-bond donors (Lipinski definition) is 2. The molecule has 0 amide bonds. The van der Waals surface area contributed by atoms with Crippen molar-refractivity contribution in [2.75, 3.05) is 14.2 Å². The molecule has 0 aromatic heterocycles. The molecule has 6 nitrogen and oxygen atoms in total. The summed E-state index contributed by atoms with van der Waals surface area (Å²) in [5.41, 5.74) is 5.85. The highest BCUT2D eigenvalue weighted by molar-refractivity contribution is 7.89. The average molecular weight is 351 g/mol. The van der Waals surface area contributed by atoms with E-state index in [9.17, 15) is 8.42 Å². The van der Waals surface area contributed by atoms with E-state index in [4.69, 9.17) is 15.2 Å². The van der Waals surface area contributed by atoms with Gasteiger partial charge in [0.15, 0.2) is 4.90 Å². The quantitative estimate of drug-likeness (QED) is 0.843. The molecule has 8 heteroatoms. The number of sulfonamides is 1. The highest BCUT2D eigenvalue weighted by Crippen LogP contribution is 2.33. The van der Waals surface area contributed by atoms with Gasteiger partial charge in [-0.25, -0.2) is 13.1 Å². The topological polar surface area (TPSA) is 90.6 Å². The number of rotatable bonds is 5. The molecule has 0 atom stereocenters. The minimum atomic E-state index is -3.70. The molecule has 1 fully saturated rings. The molecule has 1 aromatic rings. The van der Waals surface area contributed by atoms with E-state index in [-0.39, 0.29) is 40.9 Å². The Balaban J connectivity index is 0.00000242. The van der Waals surface area contributed by atoms with Gasteiger partial charge in [-0.3, -0.25) is 0 Å². The van der Waals surface area contributed by atoms with Crippen LogP contribution in [0.15, 0.2) is 23.1 Å². The van der Waals surface area contributed by atoms with Crippen LogP contribution < -0.4 is 19.9 Å². The summed E-state index contributed by atoms with van der Waals surface area (Å²) in [7, 11) is -0.828. The van der Waals surface area contributed by atoms with Gasteiger partial charge < -0.3 is 15.2 Å². The fraction of sp³-hybridized carbons (Fsp3) is 0.571. The van der Waals surface area contributed by atoms with Crippen molar-refractivity contribution in [2.24, 2.45) is 5.73 Å². The Kier molecular flexibility index (Phi) is 6.93. The van der Waals surface area contributed by atoms with Crippen molar-refractivity contribution < 1.29 is 17.9 Å². The first-order valence-electron chi connectivity index (χ1n) is 6.97. The van der Waals surface area contributed by atoms with E-state index in [0.717, 1.165) is 25.7 Å². The van der Waals surface area contributed by atoms with Crippen LogP contribution in [0.1, 0.15) is 25.7 Å². The third-order valence-corrected chi connectivity index (χ3v) is 5.33. The van der Waals surface area contributed by atoms with Gasteiger partial charge in [0.1, 0.15) is 11.5 Å². The highest BCUT2D eigenvalue weighted by Gasteiger charge is 2.29. The van der Waals surface area contributed by atoms with Gasteiger partial charge in [-0.05, 0) is 37.8 Å². The second-order valence-corrected chi connectivity index (χ2v) is 6.88. The molecule has 0 spiro atoms. The van der Waals surface area contributed by atoms with Gasteiger partial charge in [-0.2, -0.15) is 0 Å². The molecule has 2 rings (SSSR count). The summed E-state index contributed by atoms with van der Waals surface area (Å²) in [5.74, 6) is 0.545. The molecule has 126 valence electrons. The number of benzene rings is 1. The minimum absolute atomic E-state index is 0. The molecule has 1 aliphatic carbocycles. The monoisotopic (exact) mass is 350 g/mol. The van der Waals surface area contributed by atoms with Crippen LogP contribution >= 0.6 is 12.4 Å². The summed E-state index contributed by atoms with van der Waals surface area (Å²) < 4.78 is 38.3. The first kappa shape index (κ1) is 19.0. The Hall–Kier alpha value is -1.02. The van der Waals surface area contributed by atoms with Crippen molar-refractivity contribution in [1.82, 2.24) is 4.72 Å². The summed E-state index contributed by atoms with van der Waals surface area (Å²) in [6.07, 6.45) is 3.15. The maximum Gasteiger partial charge on any atom is 0.248 e. The number of halogens is 1. The normalized spacial score (nSPS) is 21.8. The maximum atomic E-state index is 12.6. The van der Waals surface area contributed by atoms with Crippen molar-refractivity contribution in [3.63, 3.8) is 0 Å². The average Bonchev–Trinajstić information content (AvgIpc) is 2.48. The lowest BCUT2D eigenvalue weighted by Crippen LogP contribution is -2.40. The van der Waals surface area contributed by atoms with Gasteiger partial charge in [0.05, 0.1) is 14.2 Å². The van der Waals surface area contributed by atoms with Gasteiger partial charge in [-0.1, -0.05) is 6.07 Å². The molecule has 0 saturated heterocycles. The van der Waals surface area contributed by atoms with Crippen LogP contribution in [-0.4, -0.2) is 34.7 Å². The summed E-state index contributed by atoms with van der Waals surface area (Å²) in [6, 6.07) is 4.98. The van der Waals surface area contributed by atoms with E-state index in [1.165, 1.54) is 14.2 Å². The molecule has 0 bridgehead atoms. The predicted octanol–water partition coefficient (Wildman–Crippen LogP) is 1.67. The van der Waals surface area contributed by atoms with E-state index >= 15 is 0 Å². The first-order valence-corrected chi connectivity index (χ1v) is 8.45. The SMILES string of the molecule is COc1cccc(OC)c1S(=O)(=O)NC1CCC(N)CC1.Cl. The van der Waals surface area contributed by atoms with Crippen LogP contribution in [-0.2, 0) is 10.0 Å². The lowest BCUT2D eigenvalue weighted by molar-refractivity contribution is 0.363. The lowest BCUT2D eigenvalue weighted by atomic mass is 9.93. The summed E-state index contributed by atoms with van der Waals surface area (Å²) in [5, 5.41) is 0. The molecule has 0 aliphatic heterocycles. The zero-order valence-corrected chi connectivity index (χ0v) is 14.4. The largest absolute Gasteiger partial charge is 0.495 e. The summed E-state index contributed by atoms with van der Waals surface area (Å²) >= 11 is 0. The number of nitrogens with two attached hydrogens (primary N) is 1. The van der Waals surface area contributed by atoms with Crippen molar-refractivity contribution in [2.45, 2.75) is 42.7 Å². The molecule has 1 saturated carbocycles. The molecule has 0 radical (unpaired) electrons. The second-order valence-electron chi connectivity index (χ2n) is 5.22. The fourth-order valence-electron chi connectivity index (χ4n) is 2.60. The van der Waals surface area contributed by atoms with Crippen molar-refractivity contribution in [1.29, 1.82) is 0 Å². The van der Waals surface area contributed by atoms with Gasteiger partial charge in [-0.15, -0.1) is 12.4 Å². The van der Waals surface area contributed by atoms with Crippen LogP contribution in [0.2, 0.25) is 0 Å². The molecular formula is C14H23ClN2O4S. The molecular weight excluding hydrogens is 328 g/mol. The maximum absolute atomic E-state index is 12.6. The highest BCUT2D eigenvalue weighted by atomic mass is 35.5. The van der Waals surface area contributed by atoms with Crippen LogP contribution in [0.5, 0.6) is 11.5 Å². The predicted molar refractivity (Wildman–Crippen MR) is 87.3 cm³/mol. The van der Waals surface area contributed by atoms with E-state index in [1.54, 1.807) is 18.2 Å². The van der Waals surface area contributed by atoms with E-state index in [2.05, 4.69) is 4.72 Å². The molecule has 3 N–H and O–H groups in total. The molecule has 22 heavy (non-hydrogen) atoms. The molecule has 0 unspecified atom stereocenters. The first-order chi connectivity index (χ1) is 9.97. The lowest BCUT2D eigenvalue weighted by Gasteiger charge is -2.27. The van der Waals surface area contributed by atoms with Crippen molar-refractivity contribution in [3.05, 3.63) is 18.2 Å². The third kappa shape index (κ3) is 4.25. The zero-order valence-electron chi connectivity index (χ0n) is 12.7. The van der Waals surface area contributed by atoms with Crippen LogP contribution in [0, 0.1) is 0 Å². The Morgan fingerprint density at radius 3 is 2.05 bits per heavy atom. The Labute approximate surface area is 137 Å². The Bertz CT molecular complexity index is 564. The van der Waals surface area contributed by atoms with E-state index < -0.39 is 10.0 Å². The van der Waals surface area contributed by atoms with E-state index in [0.29, 0.717) is 0 Å². The number of hydrogen-bond acceptors (Lipinski definition) is 5. The fourth-order valence-corrected chi connectivity index (χ4v) is 4.22. The van der Waals surface area contributed by atoms with Crippen molar-refractivity contribution >= 4 is 22.4 Å². The van der Waals surface area contributed by atoms with E-state index in [1.807, 2.05) is 0 Å². The van der Waals surface area contributed by atoms with Crippen LogP contribution in [0.4, 0.5) is 0 Å². The Morgan fingerprint density at radius 1 is 1.09 bits per heavy atom. The standard InChI is InChI=1S/C14H22N2O4S.ClH/c1-19-12-4-3-5-13(20-2)14(12)21(17,18)16-11-8-6-10(15)7-9-11;/h3-5,10-11,16H,6-9,15H2,1-2H3;1H. The van der Waals surface area contributed by atoms with Crippen LogP contribution in [0.25, 0.3) is 0 Å². The summed E-state index contributed by atoms with van der Waals surface area (Å²) in [4.78, 5) is 0.0462. The van der Waals surface area contributed by atoms with Gasteiger partial charge in [0.25, 0.3) is 0 Å². The van der Waals surface area contributed by atoms with Gasteiger partial charge >= 0.3 is 0 Å².